The zero-order valence-corrected chi connectivity index (χ0v) is 8.61. The van der Waals surface area contributed by atoms with Crippen LogP contribution in [-0.2, 0) is 9.78 Å². The molecule has 0 aliphatic heterocycles. The molecule has 0 fully saturated rings. The Morgan fingerprint density at radius 3 is 2.21 bits per heavy atom. The van der Waals surface area contributed by atoms with Gasteiger partial charge in [0.05, 0.1) is 12.7 Å². The molecule has 1 rings (SSSR count). The Labute approximate surface area is 83.6 Å². The summed E-state index contributed by atoms with van der Waals surface area (Å²) < 4.78 is 0. The van der Waals surface area contributed by atoms with E-state index < -0.39 is 5.97 Å². The highest BCUT2D eigenvalue weighted by Gasteiger charge is 2.07. The fourth-order valence-corrected chi connectivity index (χ4v) is 1.13. The van der Waals surface area contributed by atoms with E-state index in [0.717, 1.165) is 0 Å². The molecular weight excluding hydrogens is 180 g/mol. The Morgan fingerprint density at radius 2 is 1.79 bits per heavy atom. The predicted molar refractivity (Wildman–Crippen MR) is 53.0 cm³/mol. The maximum Gasteiger partial charge on any atom is 0.373 e. The van der Waals surface area contributed by atoms with Crippen molar-refractivity contribution in [3.8, 4) is 0 Å². The number of rotatable bonds is 3. The third-order valence-electron chi connectivity index (χ3n) is 1.97. The van der Waals surface area contributed by atoms with Gasteiger partial charge in [0.15, 0.2) is 0 Å². The predicted octanol–water partition coefficient (Wildman–Crippen LogP) is 2.53. The molecule has 3 heteroatoms. The maximum absolute atomic E-state index is 11.2. The first kappa shape index (κ1) is 10.7. The summed E-state index contributed by atoms with van der Waals surface area (Å²) in [4.78, 5) is 19.9. The molecular formula is C11H14O3. The molecule has 1 aromatic carbocycles. The molecule has 0 aromatic heterocycles. The van der Waals surface area contributed by atoms with E-state index in [-0.39, 0.29) is 0 Å². The van der Waals surface area contributed by atoms with E-state index in [9.17, 15) is 4.79 Å². The van der Waals surface area contributed by atoms with Gasteiger partial charge in [0.1, 0.15) is 0 Å². The van der Waals surface area contributed by atoms with Gasteiger partial charge in [-0.15, -0.1) is 0 Å². The van der Waals surface area contributed by atoms with Gasteiger partial charge in [0.2, 0.25) is 0 Å². The van der Waals surface area contributed by atoms with Gasteiger partial charge >= 0.3 is 5.97 Å². The summed E-state index contributed by atoms with van der Waals surface area (Å²) >= 11 is 0. The van der Waals surface area contributed by atoms with Crippen molar-refractivity contribution < 1.29 is 14.6 Å². The largest absolute Gasteiger partial charge is 0.373 e. The van der Waals surface area contributed by atoms with Crippen LogP contribution >= 0.6 is 0 Å². The van der Waals surface area contributed by atoms with Gasteiger partial charge in [-0.2, -0.15) is 4.89 Å². The van der Waals surface area contributed by atoms with Crippen molar-refractivity contribution in [3.05, 3.63) is 35.4 Å². The van der Waals surface area contributed by atoms with Crippen molar-refractivity contribution in [3.63, 3.8) is 0 Å². The van der Waals surface area contributed by atoms with Crippen molar-refractivity contribution in [2.45, 2.75) is 19.8 Å². The van der Waals surface area contributed by atoms with Gasteiger partial charge in [-0.3, -0.25) is 4.89 Å². The van der Waals surface area contributed by atoms with Crippen molar-refractivity contribution in [2.24, 2.45) is 0 Å². The molecule has 0 saturated carbocycles. The SMILES string of the molecule is COOC(=O)c1ccc(C(C)C)cc1. The lowest BCUT2D eigenvalue weighted by Gasteiger charge is -2.05. The van der Waals surface area contributed by atoms with Crippen LogP contribution < -0.4 is 0 Å². The Balaban J connectivity index is 2.78. The number of benzene rings is 1. The van der Waals surface area contributed by atoms with E-state index in [4.69, 9.17) is 0 Å². The van der Waals surface area contributed by atoms with E-state index in [1.54, 1.807) is 12.1 Å². The van der Waals surface area contributed by atoms with Crippen molar-refractivity contribution in [2.75, 3.05) is 7.11 Å². The third-order valence-corrected chi connectivity index (χ3v) is 1.97. The minimum absolute atomic E-state index is 0.461. The van der Waals surface area contributed by atoms with Gasteiger partial charge < -0.3 is 0 Å². The molecule has 76 valence electrons. The fraction of sp³-hybridized carbons (Fsp3) is 0.364. The Hall–Kier alpha value is -1.35. The number of carbonyl (C=O) groups excluding carboxylic acids is 1. The average molecular weight is 194 g/mol. The lowest BCUT2D eigenvalue weighted by atomic mass is 10.0. The van der Waals surface area contributed by atoms with E-state index in [1.807, 2.05) is 12.1 Å². The van der Waals surface area contributed by atoms with Crippen LogP contribution in [0.3, 0.4) is 0 Å². The van der Waals surface area contributed by atoms with Crippen LogP contribution in [0, 0.1) is 0 Å². The fourth-order valence-electron chi connectivity index (χ4n) is 1.13. The molecule has 0 saturated heterocycles. The minimum Gasteiger partial charge on any atom is -0.293 e. The van der Waals surface area contributed by atoms with Crippen LogP contribution in [0.2, 0.25) is 0 Å². The van der Waals surface area contributed by atoms with Gasteiger partial charge in [-0.25, -0.2) is 4.79 Å². The highest BCUT2D eigenvalue weighted by Crippen LogP contribution is 2.14. The lowest BCUT2D eigenvalue weighted by Crippen LogP contribution is -2.03. The van der Waals surface area contributed by atoms with E-state index in [0.29, 0.717) is 11.5 Å². The zero-order chi connectivity index (χ0) is 10.6. The molecule has 14 heavy (non-hydrogen) atoms. The summed E-state index contributed by atoms with van der Waals surface area (Å²) in [5.41, 5.74) is 1.69. The number of hydrogen-bond donors (Lipinski definition) is 0. The molecule has 1 aromatic rings. The van der Waals surface area contributed by atoms with Crippen LogP contribution in [0.15, 0.2) is 24.3 Å². The number of carbonyl (C=O) groups is 1. The molecule has 0 atom stereocenters. The third kappa shape index (κ3) is 2.57. The van der Waals surface area contributed by atoms with Gasteiger partial charge in [-0.1, -0.05) is 26.0 Å². The second-order valence-corrected chi connectivity index (χ2v) is 3.31. The summed E-state index contributed by atoms with van der Waals surface area (Å²) in [5, 5.41) is 0. The van der Waals surface area contributed by atoms with Crippen LogP contribution in [0.25, 0.3) is 0 Å². The van der Waals surface area contributed by atoms with Crippen LogP contribution in [-0.4, -0.2) is 13.1 Å². The minimum atomic E-state index is -0.470. The van der Waals surface area contributed by atoms with Crippen molar-refractivity contribution in [1.82, 2.24) is 0 Å². The Bertz CT molecular complexity index is 301. The molecule has 0 unspecified atom stereocenters. The Morgan fingerprint density at radius 1 is 1.21 bits per heavy atom. The van der Waals surface area contributed by atoms with E-state index >= 15 is 0 Å². The first-order chi connectivity index (χ1) is 6.65. The molecule has 0 N–H and O–H groups in total. The van der Waals surface area contributed by atoms with Crippen LogP contribution in [0.5, 0.6) is 0 Å². The summed E-state index contributed by atoms with van der Waals surface area (Å²) in [7, 11) is 1.31. The zero-order valence-electron chi connectivity index (χ0n) is 8.61. The molecule has 0 heterocycles. The maximum atomic E-state index is 11.2. The Kier molecular flexibility index (Phi) is 3.65. The van der Waals surface area contributed by atoms with E-state index in [2.05, 4.69) is 23.6 Å². The van der Waals surface area contributed by atoms with E-state index in [1.165, 1.54) is 12.7 Å². The van der Waals surface area contributed by atoms with Crippen LogP contribution in [0.4, 0.5) is 0 Å². The quantitative estimate of drug-likeness (QED) is 0.548. The first-order valence-corrected chi connectivity index (χ1v) is 4.50. The molecule has 0 aliphatic rings. The second kappa shape index (κ2) is 4.77. The summed E-state index contributed by atoms with van der Waals surface area (Å²) in [5.74, 6) is -0.00898. The normalized spacial score (nSPS) is 10.3. The molecule has 0 bridgehead atoms. The lowest BCUT2D eigenvalue weighted by molar-refractivity contribution is -0.216. The van der Waals surface area contributed by atoms with Gasteiger partial charge in [0.25, 0.3) is 0 Å². The monoisotopic (exact) mass is 194 g/mol. The van der Waals surface area contributed by atoms with Gasteiger partial charge in [0, 0.05) is 0 Å². The average Bonchev–Trinajstić information content (AvgIpc) is 2.18. The molecule has 0 spiro atoms. The van der Waals surface area contributed by atoms with Crippen LogP contribution in [0.1, 0.15) is 35.7 Å². The van der Waals surface area contributed by atoms with Gasteiger partial charge in [-0.05, 0) is 23.6 Å². The summed E-state index contributed by atoms with van der Waals surface area (Å²) in [6.45, 7) is 4.20. The smallest absolute Gasteiger partial charge is 0.293 e. The standard InChI is InChI=1S/C11H14O3/c1-8(2)9-4-6-10(7-5-9)11(12)14-13-3/h4-8H,1-3H3. The summed E-state index contributed by atoms with van der Waals surface area (Å²) in [6.07, 6.45) is 0. The topological polar surface area (TPSA) is 35.5 Å². The van der Waals surface area contributed by atoms with Crippen molar-refractivity contribution >= 4 is 5.97 Å². The highest BCUT2D eigenvalue weighted by atomic mass is 17.2. The molecule has 0 radical (unpaired) electrons. The first-order valence-electron chi connectivity index (χ1n) is 4.50. The molecule has 0 aliphatic carbocycles. The summed E-state index contributed by atoms with van der Waals surface area (Å²) in [6, 6.07) is 7.29. The molecule has 3 nitrogen and oxygen atoms in total. The number of hydrogen-bond acceptors (Lipinski definition) is 3. The second-order valence-electron chi connectivity index (χ2n) is 3.31. The highest BCUT2D eigenvalue weighted by molar-refractivity contribution is 5.88. The van der Waals surface area contributed by atoms with Crippen molar-refractivity contribution in [1.29, 1.82) is 0 Å². The molecule has 0 amide bonds.